The maximum atomic E-state index is 4.28. The summed E-state index contributed by atoms with van der Waals surface area (Å²) in [6, 6.07) is 0.953. The summed E-state index contributed by atoms with van der Waals surface area (Å²) < 4.78 is 0. The molecule has 0 aromatic carbocycles. The Morgan fingerprint density at radius 1 is 1.45 bits per heavy atom. The van der Waals surface area contributed by atoms with Gasteiger partial charge in [0.2, 0.25) is 0 Å². The monoisotopic (exact) mass is 151 g/mol. The quantitative estimate of drug-likeness (QED) is 0.609. The van der Waals surface area contributed by atoms with Gasteiger partial charge in [-0.2, -0.15) is 0 Å². The fraction of sp³-hybridized carbons (Fsp3) is 0.625. The molecule has 1 N–H and O–H groups in total. The van der Waals surface area contributed by atoms with Gasteiger partial charge in [0.25, 0.3) is 0 Å². The number of aromatic amines is 1. The van der Waals surface area contributed by atoms with Crippen molar-refractivity contribution in [1.82, 2.24) is 14.9 Å². The molecule has 2 heterocycles. The highest BCUT2D eigenvalue weighted by Crippen LogP contribution is 2.37. The molecule has 0 aliphatic carbocycles. The molecule has 11 heavy (non-hydrogen) atoms. The minimum Gasteiger partial charge on any atom is -0.347 e. The van der Waals surface area contributed by atoms with Crippen LogP contribution < -0.4 is 0 Å². The van der Waals surface area contributed by atoms with Gasteiger partial charge < -0.3 is 4.98 Å². The molecule has 60 valence electrons. The number of imidazole rings is 1. The first-order valence-corrected chi connectivity index (χ1v) is 3.97. The van der Waals surface area contributed by atoms with E-state index in [0.717, 1.165) is 0 Å². The molecular formula is C8H13N3. The first kappa shape index (κ1) is 6.85. The summed E-state index contributed by atoms with van der Waals surface area (Å²) in [6.45, 7) is 4.38. The zero-order valence-electron chi connectivity index (χ0n) is 7.13. The molecule has 0 saturated carbocycles. The predicted molar refractivity (Wildman–Crippen MR) is 43.2 cm³/mol. The molecule has 2 unspecified atom stereocenters. The number of hydrogen-bond donors (Lipinski definition) is 1. The molecule has 0 saturated heterocycles. The number of fused-ring (bicyclic) bond motifs is 1. The SMILES string of the molecule is CC1c2nc[nH]c2C(C)N1C. The fourth-order valence-corrected chi connectivity index (χ4v) is 1.71. The maximum Gasteiger partial charge on any atom is 0.0926 e. The van der Waals surface area contributed by atoms with Gasteiger partial charge in [0, 0.05) is 6.04 Å². The van der Waals surface area contributed by atoms with E-state index in [1.54, 1.807) is 6.33 Å². The van der Waals surface area contributed by atoms with Gasteiger partial charge in [-0.05, 0) is 20.9 Å². The molecule has 0 bridgehead atoms. The smallest absolute Gasteiger partial charge is 0.0926 e. The highest BCUT2D eigenvalue weighted by Gasteiger charge is 2.32. The summed E-state index contributed by atoms with van der Waals surface area (Å²) in [5, 5.41) is 0. The van der Waals surface area contributed by atoms with E-state index in [4.69, 9.17) is 0 Å². The second kappa shape index (κ2) is 2.08. The minimum absolute atomic E-state index is 0.464. The summed E-state index contributed by atoms with van der Waals surface area (Å²) in [4.78, 5) is 9.77. The number of nitrogens with one attached hydrogen (secondary N) is 1. The molecule has 0 fully saturated rings. The van der Waals surface area contributed by atoms with E-state index in [2.05, 4.69) is 35.8 Å². The van der Waals surface area contributed by atoms with Crippen LogP contribution in [-0.2, 0) is 0 Å². The highest BCUT2D eigenvalue weighted by atomic mass is 15.2. The lowest BCUT2D eigenvalue weighted by molar-refractivity contribution is 0.227. The van der Waals surface area contributed by atoms with Crippen LogP contribution in [0.4, 0.5) is 0 Å². The van der Waals surface area contributed by atoms with Gasteiger partial charge in [-0.15, -0.1) is 0 Å². The number of rotatable bonds is 0. The Morgan fingerprint density at radius 2 is 2.18 bits per heavy atom. The van der Waals surface area contributed by atoms with Crippen LogP contribution in [0.15, 0.2) is 6.33 Å². The Kier molecular flexibility index (Phi) is 1.29. The lowest BCUT2D eigenvalue weighted by Crippen LogP contribution is -2.18. The van der Waals surface area contributed by atoms with E-state index < -0.39 is 0 Å². The normalized spacial score (nSPS) is 30.8. The van der Waals surface area contributed by atoms with E-state index in [9.17, 15) is 0 Å². The largest absolute Gasteiger partial charge is 0.347 e. The Labute approximate surface area is 66.4 Å². The van der Waals surface area contributed by atoms with Crippen LogP contribution in [0.25, 0.3) is 0 Å². The van der Waals surface area contributed by atoms with Crippen molar-refractivity contribution in [2.45, 2.75) is 25.9 Å². The molecule has 3 nitrogen and oxygen atoms in total. The van der Waals surface area contributed by atoms with Crippen LogP contribution in [0.1, 0.15) is 37.3 Å². The molecule has 2 atom stereocenters. The number of hydrogen-bond acceptors (Lipinski definition) is 2. The average Bonchev–Trinajstić information content (AvgIpc) is 2.53. The van der Waals surface area contributed by atoms with Gasteiger partial charge in [0.05, 0.1) is 23.8 Å². The van der Waals surface area contributed by atoms with Gasteiger partial charge in [-0.3, -0.25) is 4.90 Å². The topological polar surface area (TPSA) is 31.9 Å². The van der Waals surface area contributed by atoms with Crippen molar-refractivity contribution < 1.29 is 0 Å². The maximum absolute atomic E-state index is 4.28. The van der Waals surface area contributed by atoms with Crippen LogP contribution in [-0.4, -0.2) is 21.9 Å². The van der Waals surface area contributed by atoms with Crippen LogP contribution in [0, 0.1) is 0 Å². The van der Waals surface area contributed by atoms with E-state index in [1.807, 2.05) is 0 Å². The van der Waals surface area contributed by atoms with Crippen molar-refractivity contribution in [2.75, 3.05) is 7.05 Å². The lowest BCUT2D eigenvalue weighted by atomic mass is 10.2. The average molecular weight is 151 g/mol. The molecule has 1 aromatic rings. The van der Waals surface area contributed by atoms with Crippen LogP contribution >= 0.6 is 0 Å². The Hall–Kier alpha value is -0.830. The standard InChI is InChI=1S/C8H13N3/c1-5-7-8(10-4-9-7)6(2)11(5)3/h4-6H,1-3H3,(H,9,10). The zero-order chi connectivity index (χ0) is 8.01. The Balaban J connectivity index is 2.48. The van der Waals surface area contributed by atoms with Crippen molar-refractivity contribution >= 4 is 0 Å². The molecule has 1 aliphatic rings. The molecular weight excluding hydrogens is 138 g/mol. The van der Waals surface area contributed by atoms with Crippen molar-refractivity contribution in [1.29, 1.82) is 0 Å². The third-order valence-corrected chi connectivity index (χ3v) is 2.73. The molecule has 2 rings (SSSR count). The van der Waals surface area contributed by atoms with E-state index in [1.165, 1.54) is 11.4 Å². The first-order valence-electron chi connectivity index (χ1n) is 3.97. The van der Waals surface area contributed by atoms with Gasteiger partial charge in [-0.25, -0.2) is 4.98 Å². The first-order chi connectivity index (χ1) is 5.22. The van der Waals surface area contributed by atoms with Crippen molar-refractivity contribution in [2.24, 2.45) is 0 Å². The third-order valence-electron chi connectivity index (χ3n) is 2.73. The predicted octanol–water partition coefficient (Wildman–Crippen LogP) is 1.48. The van der Waals surface area contributed by atoms with Crippen LogP contribution in [0.3, 0.4) is 0 Å². The Morgan fingerprint density at radius 3 is 2.82 bits per heavy atom. The minimum atomic E-state index is 0.464. The number of H-pyrrole nitrogens is 1. The van der Waals surface area contributed by atoms with Gasteiger partial charge in [0.1, 0.15) is 0 Å². The highest BCUT2D eigenvalue weighted by molar-refractivity contribution is 5.24. The molecule has 3 heteroatoms. The van der Waals surface area contributed by atoms with Crippen molar-refractivity contribution in [3.8, 4) is 0 Å². The van der Waals surface area contributed by atoms with E-state index in [-0.39, 0.29) is 0 Å². The Bertz CT molecular complexity index is 242. The molecule has 0 spiro atoms. The van der Waals surface area contributed by atoms with E-state index in [0.29, 0.717) is 12.1 Å². The van der Waals surface area contributed by atoms with Crippen LogP contribution in [0.5, 0.6) is 0 Å². The lowest BCUT2D eigenvalue weighted by Gasteiger charge is -2.19. The second-order valence-electron chi connectivity index (χ2n) is 3.22. The van der Waals surface area contributed by atoms with Crippen molar-refractivity contribution in [3.05, 3.63) is 17.7 Å². The number of aromatic nitrogens is 2. The van der Waals surface area contributed by atoms with Gasteiger partial charge in [0.15, 0.2) is 0 Å². The zero-order valence-corrected chi connectivity index (χ0v) is 7.13. The molecule has 0 radical (unpaired) electrons. The third kappa shape index (κ3) is 0.744. The molecule has 0 amide bonds. The van der Waals surface area contributed by atoms with Gasteiger partial charge in [-0.1, -0.05) is 0 Å². The summed E-state index contributed by atoms with van der Waals surface area (Å²) >= 11 is 0. The fourth-order valence-electron chi connectivity index (χ4n) is 1.71. The molecule has 1 aromatic heterocycles. The summed E-state index contributed by atoms with van der Waals surface area (Å²) in [7, 11) is 2.13. The number of nitrogens with zero attached hydrogens (tertiary/aromatic N) is 2. The molecule has 1 aliphatic heterocycles. The van der Waals surface area contributed by atoms with Crippen LogP contribution in [0.2, 0.25) is 0 Å². The second-order valence-corrected chi connectivity index (χ2v) is 3.22. The van der Waals surface area contributed by atoms with E-state index >= 15 is 0 Å². The summed E-state index contributed by atoms with van der Waals surface area (Å²) in [6.07, 6.45) is 1.78. The van der Waals surface area contributed by atoms with Crippen molar-refractivity contribution in [3.63, 3.8) is 0 Å². The van der Waals surface area contributed by atoms with Gasteiger partial charge >= 0.3 is 0 Å². The summed E-state index contributed by atoms with van der Waals surface area (Å²) in [5.41, 5.74) is 2.49. The summed E-state index contributed by atoms with van der Waals surface area (Å²) in [5.74, 6) is 0.